The molecule has 0 unspecified atom stereocenters. The molecule has 0 aliphatic carbocycles. The summed E-state index contributed by atoms with van der Waals surface area (Å²) in [6.45, 7) is 0. The summed E-state index contributed by atoms with van der Waals surface area (Å²) < 4.78 is 6.75. The van der Waals surface area contributed by atoms with E-state index in [4.69, 9.17) is 10.2 Å². The predicted octanol–water partition coefficient (Wildman–Crippen LogP) is 2.45. The molecule has 7 heteroatoms. The molecule has 0 fully saturated rings. The molecule has 2 N–H and O–H groups in total. The second-order valence-electron chi connectivity index (χ2n) is 4.93. The van der Waals surface area contributed by atoms with E-state index in [0.717, 1.165) is 11.8 Å². The van der Waals surface area contributed by atoms with Crippen LogP contribution in [-0.2, 0) is 0 Å². The minimum absolute atomic E-state index is 0.380. The summed E-state index contributed by atoms with van der Waals surface area (Å²) in [5.41, 5.74) is 8.15. The molecule has 1 aromatic carbocycles. The molecule has 3 aromatic heterocycles. The maximum atomic E-state index is 10.7. The number of anilines is 1. The van der Waals surface area contributed by atoms with Gasteiger partial charge in [-0.05, 0) is 12.1 Å². The Morgan fingerprint density at radius 3 is 2.65 bits per heavy atom. The lowest BCUT2D eigenvalue weighted by molar-refractivity contribution is 0.112. The van der Waals surface area contributed by atoms with E-state index in [9.17, 15) is 4.79 Å². The van der Waals surface area contributed by atoms with Gasteiger partial charge in [-0.3, -0.25) is 4.79 Å². The van der Waals surface area contributed by atoms with Crippen LogP contribution in [0.25, 0.3) is 28.6 Å². The highest BCUT2D eigenvalue weighted by molar-refractivity contribution is 5.76. The van der Waals surface area contributed by atoms with Crippen molar-refractivity contribution in [2.75, 3.05) is 5.73 Å². The zero-order valence-corrected chi connectivity index (χ0v) is 11.9. The average Bonchev–Trinajstić information content (AvgIpc) is 3.24. The second kappa shape index (κ2) is 5.06. The maximum absolute atomic E-state index is 10.7. The third-order valence-electron chi connectivity index (χ3n) is 3.42. The summed E-state index contributed by atoms with van der Waals surface area (Å²) in [5, 5.41) is 4.29. The summed E-state index contributed by atoms with van der Waals surface area (Å²) in [6, 6.07) is 12.3. The molecule has 0 amide bonds. The largest absolute Gasteiger partial charge is 0.461 e. The normalized spacial score (nSPS) is 11.0. The van der Waals surface area contributed by atoms with Gasteiger partial charge in [0.1, 0.15) is 12.1 Å². The number of fused-ring (bicyclic) bond motifs is 1. The number of furan rings is 1. The molecule has 3 heterocycles. The number of hydrogen-bond acceptors (Lipinski definition) is 6. The number of aldehydes is 1. The monoisotopic (exact) mass is 305 g/mol. The van der Waals surface area contributed by atoms with Crippen LogP contribution >= 0.6 is 0 Å². The van der Waals surface area contributed by atoms with E-state index in [-0.39, 0.29) is 0 Å². The molecule has 0 spiro atoms. The van der Waals surface area contributed by atoms with Crippen molar-refractivity contribution in [1.29, 1.82) is 0 Å². The summed E-state index contributed by atoms with van der Waals surface area (Å²) >= 11 is 0. The van der Waals surface area contributed by atoms with E-state index in [0.29, 0.717) is 34.4 Å². The Bertz CT molecular complexity index is 987. The van der Waals surface area contributed by atoms with E-state index in [1.165, 1.54) is 4.52 Å². The number of nitrogen functional groups attached to an aromatic ring is 1. The third-order valence-corrected chi connectivity index (χ3v) is 3.42. The molecule has 4 rings (SSSR count). The van der Waals surface area contributed by atoms with Gasteiger partial charge in [0.25, 0.3) is 5.78 Å². The number of rotatable bonds is 3. The first-order valence-electron chi connectivity index (χ1n) is 6.87. The van der Waals surface area contributed by atoms with Gasteiger partial charge >= 0.3 is 0 Å². The molecule has 112 valence electrons. The standard InChI is InChI=1S/C16H11N5O2/c17-14-8-12(11-5-3-10(9-22)4-6-11)18-16-19-15(20-21(14)16)13-2-1-7-23-13/h1-9H,17H2. The van der Waals surface area contributed by atoms with Gasteiger partial charge in [0.2, 0.25) is 5.82 Å². The van der Waals surface area contributed by atoms with Crippen LogP contribution < -0.4 is 5.73 Å². The van der Waals surface area contributed by atoms with Crippen molar-refractivity contribution in [1.82, 2.24) is 19.6 Å². The zero-order chi connectivity index (χ0) is 15.8. The molecule has 0 radical (unpaired) electrons. The fraction of sp³-hybridized carbons (Fsp3) is 0. The smallest absolute Gasteiger partial charge is 0.255 e. The molecule has 0 saturated carbocycles. The molecule has 0 aliphatic rings. The van der Waals surface area contributed by atoms with Gasteiger partial charge in [0.05, 0.1) is 12.0 Å². The van der Waals surface area contributed by atoms with Gasteiger partial charge in [-0.15, -0.1) is 5.10 Å². The van der Waals surface area contributed by atoms with Crippen LogP contribution in [0, 0.1) is 0 Å². The second-order valence-corrected chi connectivity index (χ2v) is 4.93. The fourth-order valence-corrected chi connectivity index (χ4v) is 2.28. The summed E-state index contributed by atoms with van der Waals surface area (Å²) in [6.07, 6.45) is 2.35. The predicted molar refractivity (Wildman–Crippen MR) is 83.7 cm³/mol. The van der Waals surface area contributed by atoms with Crippen molar-refractivity contribution in [2.24, 2.45) is 0 Å². The Morgan fingerprint density at radius 2 is 1.96 bits per heavy atom. The van der Waals surface area contributed by atoms with Crippen molar-refractivity contribution in [3.05, 3.63) is 54.3 Å². The van der Waals surface area contributed by atoms with Crippen molar-refractivity contribution < 1.29 is 9.21 Å². The zero-order valence-electron chi connectivity index (χ0n) is 11.9. The molecule has 0 bridgehead atoms. The number of nitrogens with two attached hydrogens (primary N) is 1. The van der Waals surface area contributed by atoms with E-state index < -0.39 is 0 Å². The van der Waals surface area contributed by atoms with Crippen LogP contribution in [0.5, 0.6) is 0 Å². The summed E-state index contributed by atoms with van der Waals surface area (Å²) in [4.78, 5) is 19.6. The van der Waals surface area contributed by atoms with Crippen LogP contribution in [-0.4, -0.2) is 25.9 Å². The molecular weight excluding hydrogens is 294 g/mol. The van der Waals surface area contributed by atoms with Gasteiger partial charge in [0, 0.05) is 17.2 Å². The van der Waals surface area contributed by atoms with Crippen LogP contribution in [0.3, 0.4) is 0 Å². The van der Waals surface area contributed by atoms with Crippen LogP contribution in [0.4, 0.5) is 5.82 Å². The lowest BCUT2D eigenvalue weighted by Crippen LogP contribution is -2.01. The van der Waals surface area contributed by atoms with Crippen LogP contribution in [0.2, 0.25) is 0 Å². The molecular formula is C16H11N5O2. The van der Waals surface area contributed by atoms with E-state index in [1.807, 2.05) is 12.1 Å². The number of carbonyl (C=O) groups is 1. The topological polar surface area (TPSA) is 99.3 Å². The summed E-state index contributed by atoms with van der Waals surface area (Å²) in [7, 11) is 0. The van der Waals surface area contributed by atoms with E-state index in [1.54, 1.807) is 36.6 Å². The molecule has 0 saturated heterocycles. The first-order valence-corrected chi connectivity index (χ1v) is 6.87. The van der Waals surface area contributed by atoms with Crippen molar-refractivity contribution in [3.63, 3.8) is 0 Å². The van der Waals surface area contributed by atoms with Crippen molar-refractivity contribution in [2.45, 2.75) is 0 Å². The highest BCUT2D eigenvalue weighted by atomic mass is 16.3. The minimum atomic E-state index is 0.380. The lowest BCUT2D eigenvalue weighted by Gasteiger charge is -2.03. The van der Waals surface area contributed by atoms with Gasteiger partial charge in [-0.2, -0.15) is 9.50 Å². The Morgan fingerprint density at radius 1 is 1.13 bits per heavy atom. The first kappa shape index (κ1) is 13.2. The molecule has 4 aromatic rings. The Labute approximate surface area is 130 Å². The molecule has 0 atom stereocenters. The number of carbonyl (C=O) groups excluding carboxylic acids is 1. The highest BCUT2D eigenvalue weighted by Crippen LogP contribution is 2.23. The first-order chi connectivity index (χ1) is 11.2. The Kier molecular flexibility index (Phi) is 2.90. The minimum Gasteiger partial charge on any atom is -0.461 e. The number of benzene rings is 1. The van der Waals surface area contributed by atoms with Crippen LogP contribution in [0.15, 0.2) is 53.1 Å². The van der Waals surface area contributed by atoms with Crippen LogP contribution in [0.1, 0.15) is 10.4 Å². The highest BCUT2D eigenvalue weighted by Gasteiger charge is 2.13. The van der Waals surface area contributed by atoms with Crippen molar-refractivity contribution >= 4 is 17.9 Å². The number of aromatic nitrogens is 4. The Balaban J connectivity index is 1.84. The average molecular weight is 305 g/mol. The quantitative estimate of drug-likeness (QED) is 0.584. The van der Waals surface area contributed by atoms with E-state index >= 15 is 0 Å². The van der Waals surface area contributed by atoms with Gasteiger partial charge < -0.3 is 10.2 Å². The SMILES string of the molecule is Nc1cc(-c2ccc(C=O)cc2)nc2nc(-c3ccco3)nn12. The molecule has 23 heavy (non-hydrogen) atoms. The number of nitrogens with zero attached hydrogens (tertiary/aromatic N) is 4. The van der Waals surface area contributed by atoms with Gasteiger partial charge in [0.15, 0.2) is 5.76 Å². The van der Waals surface area contributed by atoms with Gasteiger partial charge in [-0.25, -0.2) is 4.98 Å². The third kappa shape index (κ3) is 2.24. The maximum Gasteiger partial charge on any atom is 0.255 e. The summed E-state index contributed by atoms with van der Waals surface area (Å²) in [5.74, 6) is 1.76. The number of hydrogen-bond donors (Lipinski definition) is 1. The lowest BCUT2D eigenvalue weighted by atomic mass is 10.1. The van der Waals surface area contributed by atoms with E-state index in [2.05, 4.69) is 15.1 Å². The van der Waals surface area contributed by atoms with Crippen molar-refractivity contribution in [3.8, 4) is 22.8 Å². The van der Waals surface area contributed by atoms with Gasteiger partial charge in [-0.1, -0.05) is 24.3 Å². The Hall–Kier alpha value is -3.48. The molecule has 7 nitrogen and oxygen atoms in total. The molecule has 0 aliphatic heterocycles. The fourth-order valence-electron chi connectivity index (χ4n) is 2.28.